The number of aliphatic hydroxyl groups is 5. The second-order valence-electron chi connectivity index (χ2n) is 37.8. The van der Waals surface area contributed by atoms with Gasteiger partial charge in [-0.15, -0.1) is 0 Å². The molecule has 0 atom stereocenters. The van der Waals surface area contributed by atoms with E-state index in [1.54, 1.807) is 0 Å². The van der Waals surface area contributed by atoms with Gasteiger partial charge in [0.15, 0.2) is 0 Å². The molecule has 0 aromatic carbocycles. The molecule has 17 heteroatoms. The van der Waals surface area contributed by atoms with Crippen LogP contribution in [0, 0.1) is 0 Å². The number of hydrogen-bond acceptors (Lipinski definition) is 15. The number of unbranched alkanes of at least 4 members (excludes halogenated alkanes) is 90. The topological polar surface area (TPSA) is 302 Å². The second-order valence-corrected chi connectivity index (χ2v) is 37.8. The van der Waals surface area contributed by atoms with E-state index in [0.717, 1.165) is 96.3 Å². The van der Waals surface area contributed by atoms with Gasteiger partial charge in [0.1, 0.15) is 0 Å². The molecule has 750 valence electrons. The van der Waals surface area contributed by atoms with Gasteiger partial charge in [-0.2, -0.15) is 0 Å². The molecule has 0 fully saturated rings. The van der Waals surface area contributed by atoms with E-state index in [-0.39, 0.29) is 72.5 Å². The monoisotopic (exact) mass is 1830 g/mol. The normalized spacial score (nSPS) is 10.9. The summed E-state index contributed by atoms with van der Waals surface area (Å²) in [4.78, 5) is 51.4. The summed E-state index contributed by atoms with van der Waals surface area (Å²) in [5.41, 5.74) is 0. The van der Waals surface area contributed by atoms with Crippen LogP contribution in [0.25, 0.3) is 0 Å². The van der Waals surface area contributed by atoms with Crippen molar-refractivity contribution in [1.82, 2.24) is 0 Å². The largest absolute Gasteiger partial charge is 3.00 e. The second kappa shape index (κ2) is 135. The Labute approximate surface area is 814 Å². The minimum absolute atomic E-state index is 0. The number of carboxylic acid groups (broad SMARTS) is 5. The first-order valence-electron chi connectivity index (χ1n) is 55.4. The van der Waals surface area contributed by atoms with Crippen molar-refractivity contribution in [3.8, 4) is 0 Å². The van der Waals surface area contributed by atoms with Crippen LogP contribution in [0.15, 0.2) is 0 Å². The number of carbonyl (C=O) groups is 5. The zero-order valence-electron chi connectivity index (χ0n) is 84.3. The fourth-order valence-electron chi connectivity index (χ4n) is 16.9. The Kier molecular flexibility index (Phi) is 147. The van der Waals surface area contributed by atoms with E-state index >= 15 is 0 Å². The van der Waals surface area contributed by atoms with E-state index in [9.17, 15) is 49.5 Å². The van der Waals surface area contributed by atoms with Gasteiger partial charge in [-0.25, -0.2) is 0 Å². The third kappa shape index (κ3) is 159. The van der Waals surface area contributed by atoms with E-state index in [0.29, 0.717) is 33.0 Å². The van der Waals surface area contributed by atoms with Crippen LogP contribution in [-0.4, -0.2) is 129 Å². The number of carboxylic acids is 5. The first-order valence-corrected chi connectivity index (χ1v) is 55.4. The Balaban J connectivity index is -0.000000282. The number of rotatable bonds is 105. The summed E-state index contributed by atoms with van der Waals surface area (Å²) < 4.78 is 0. The minimum atomic E-state index is -0.908. The minimum Gasteiger partial charge on any atom is -0.550 e. The Bertz CT molecular complexity index is 1660. The van der Waals surface area contributed by atoms with Crippen molar-refractivity contribution in [2.75, 3.05) is 33.0 Å². The molecular weight excluding hydrogens is 1610 g/mol. The molecule has 0 aliphatic rings. The molecule has 0 saturated heterocycles. The van der Waals surface area contributed by atoms with Gasteiger partial charge in [0.05, 0.1) is 0 Å². The van der Waals surface area contributed by atoms with Crippen LogP contribution in [-0.2, 0) is 24.0 Å². The zero-order chi connectivity index (χ0) is 92.1. The van der Waals surface area contributed by atoms with E-state index < -0.39 is 29.8 Å². The molecule has 0 aliphatic heterocycles. The molecule has 0 amide bonds. The summed E-state index contributed by atoms with van der Waals surface area (Å²) >= 11 is 0. The van der Waals surface area contributed by atoms with Crippen molar-refractivity contribution >= 4 is 70.3 Å². The van der Waals surface area contributed by atoms with Crippen molar-refractivity contribution in [2.24, 2.45) is 0 Å². The van der Waals surface area contributed by atoms with Gasteiger partial charge in [-0.3, -0.25) is 0 Å². The van der Waals surface area contributed by atoms with Gasteiger partial charge in [0.2, 0.25) is 0 Å². The maximum absolute atomic E-state index is 10.3. The predicted octanol–water partition coefficient (Wildman–Crippen LogP) is 26.9. The maximum Gasteiger partial charge on any atom is 3.00 e. The fraction of sp³-hybridized carbons (Fsp3) is 0.955. The van der Waals surface area contributed by atoms with Crippen LogP contribution < -0.4 is 25.5 Å². The van der Waals surface area contributed by atoms with E-state index in [1.807, 2.05) is 0 Å². The van der Waals surface area contributed by atoms with Crippen LogP contribution in [0.2, 0.25) is 0 Å². The van der Waals surface area contributed by atoms with Crippen LogP contribution in [0.4, 0.5) is 0 Å². The molecule has 0 bridgehead atoms. The molecule has 0 heterocycles. The summed E-state index contributed by atoms with van der Waals surface area (Å²) in [5.74, 6) is -4.54. The fourth-order valence-corrected chi connectivity index (χ4v) is 16.9. The zero-order valence-corrected chi connectivity index (χ0v) is 86.9. The SMILES string of the molecule is O=C([O-])CCCCCCCCCCCCCCCCCCCCCO.O=C([O-])CCCCCCCCCCCCCCCCCCCCCO.O=C([O-])CCCCCCCCCCCCCCCCCCCCCO.O=C([O-])CCCCCCCCCCCCCCCCCCCCCO.O=C([O-])CCCCCCCCCCCCCCCCCCCCCO.[Al+3].[Mg+2]. The van der Waals surface area contributed by atoms with Gasteiger partial charge < -0.3 is 75.0 Å². The van der Waals surface area contributed by atoms with Crippen LogP contribution in [0.5, 0.6) is 0 Å². The molecule has 0 radical (unpaired) electrons. The quantitative estimate of drug-likeness (QED) is 0.0279. The molecule has 0 aromatic heterocycles. The average molecular weight is 1830 g/mol. The number of hydrogen-bond donors (Lipinski definition) is 5. The van der Waals surface area contributed by atoms with Crippen molar-refractivity contribution in [3.05, 3.63) is 0 Å². The molecule has 0 unspecified atom stereocenters. The van der Waals surface area contributed by atoms with Crippen molar-refractivity contribution in [2.45, 2.75) is 642 Å². The number of aliphatic carboxylic acids is 5. The first kappa shape index (κ1) is 138. The van der Waals surface area contributed by atoms with Gasteiger partial charge in [-0.05, 0) is 96.3 Å². The summed E-state index contributed by atoms with van der Waals surface area (Å²) in [6.45, 7) is 1.77. The Morgan fingerprint density at radius 1 is 0.110 bits per heavy atom. The standard InChI is InChI=1S/5C22H44O3.Al.Mg/c5*23-21-19-17-15-13-11-9-7-5-3-1-2-4-6-8-10-12-14-16-18-20-22(24)25;;/h5*23H,1-21H2,(H,24,25);;/q;;;;;+3;+2/p-5. The third-order valence-corrected chi connectivity index (χ3v) is 25.2. The average Bonchev–Trinajstić information content (AvgIpc) is 1.12. The van der Waals surface area contributed by atoms with Gasteiger partial charge in [0, 0.05) is 62.9 Å². The molecule has 5 N–H and O–H groups in total. The van der Waals surface area contributed by atoms with Crippen molar-refractivity contribution in [1.29, 1.82) is 0 Å². The summed E-state index contributed by atoms with van der Waals surface area (Å²) in [7, 11) is 0. The Morgan fingerprint density at radius 2 is 0.157 bits per heavy atom. The molecule has 0 saturated carbocycles. The van der Waals surface area contributed by atoms with E-state index in [2.05, 4.69) is 0 Å². The number of aliphatic hydroxyl groups excluding tert-OH is 5. The van der Waals surface area contributed by atoms with Crippen LogP contribution in [0.3, 0.4) is 0 Å². The molecule has 127 heavy (non-hydrogen) atoms. The summed E-state index contributed by atoms with van der Waals surface area (Å²) in [5, 5.41) is 94.9. The maximum atomic E-state index is 10.3. The molecule has 0 spiro atoms. The molecule has 15 nitrogen and oxygen atoms in total. The van der Waals surface area contributed by atoms with Gasteiger partial charge in [0.25, 0.3) is 0 Å². The van der Waals surface area contributed by atoms with Gasteiger partial charge >= 0.3 is 40.4 Å². The molecule has 0 aliphatic carbocycles. The van der Waals surface area contributed by atoms with Crippen molar-refractivity contribution < 1.29 is 75.0 Å². The Hall–Kier alpha value is -1.55. The molecular formula is C110H215AlMgO15. The molecule has 0 aromatic rings. The van der Waals surface area contributed by atoms with Crippen molar-refractivity contribution in [3.63, 3.8) is 0 Å². The number of carbonyl (C=O) groups excluding carboxylic acids is 5. The van der Waals surface area contributed by atoms with Crippen LogP contribution >= 0.6 is 0 Å². The predicted molar refractivity (Wildman–Crippen MR) is 534 cm³/mol. The first-order chi connectivity index (χ1) is 61.4. The summed E-state index contributed by atoms with van der Waals surface area (Å²) in [6.07, 6.45) is 122. The third-order valence-electron chi connectivity index (χ3n) is 25.2. The van der Waals surface area contributed by atoms with Crippen LogP contribution in [0.1, 0.15) is 642 Å². The molecule has 0 rings (SSSR count). The smallest absolute Gasteiger partial charge is 0.550 e. The Morgan fingerprint density at radius 3 is 0.205 bits per heavy atom. The van der Waals surface area contributed by atoms with Gasteiger partial charge in [-0.1, -0.05) is 546 Å². The van der Waals surface area contributed by atoms with E-state index in [1.165, 1.54) is 514 Å². The van der Waals surface area contributed by atoms with E-state index in [4.69, 9.17) is 25.5 Å². The summed E-state index contributed by atoms with van der Waals surface area (Å²) in [6, 6.07) is 0.